The molecule has 0 radical (unpaired) electrons. The first-order chi connectivity index (χ1) is 8.58. The molecule has 0 aromatic rings. The molecule has 0 unspecified atom stereocenters. The van der Waals surface area contributed by atoms with Crippen molar-refractivity contribution in [3.05, 3.63) is 23.6 Å². The maximum atomic E-state index is 11.2. The smallest absolute Gasteiger partial charge is 0.334 e. The number of carboxylic acids is 1. The topological polar surface area (TPSA) is 96.3 Å². The normalized spacial score (nSPS) is 29.8. The van der Waals surface area contributed by atoms with Gasteiger partial charge < -0.3 is 24.6 Å². The third kappa shape index (κ3) is 1.92. The number of carboxylic acid groups (broad SMARTS) is 1. The average molecular weight is 255 g/mol. The van der Waals surface area contributed by atoms with Crippen LogP contribution in [0, 0.1) is 0 Å². The second-order valence-electron chi connectivity index (χ2n) is 3.87. The van der Waals surface area contributed by atoms with Gasteiger partial charge in [-0.1, -0.05) is 0 Å². The molecule has 0 saturated carbocycles. The molecule has 2 saturated heterocycles. The van der Waals surface area contributed by atoms with Crippen LogP contribution in [0.5, 0.6) is 0 Å². The van der Waals surface area contributed by atoms with Gasteiger partial charge in [0, 0.05) is 18.2 Å². The second-order valence-corrected chi connectivity index (χ2v) is 3.87. The predicted molar refractivity (Wildman–Crippen MR) is 58.0 cm³/mol. The van der Waals surface area contributed by atoms with Gasteiger partial charge in [0.05, 0.1) is 13.7 Å². The highest BCUT2D eigenvalue weighted by molar-refractivity contribution is 5.84. The van der Waals surface area contributed by atoms with Gasteiger partial charge in [0.1, 0.15) is 5.76 Å². The minimum Gasteiger partial charge on any atom is -0.479 e. The van der Waals surface area contributed by atoms with Gasteiger partial charge in [-0.2, -0.15) is 0 Å². The van der Waals surface area contributed by atoms with E-state index in [9.17, 15) is 9.59 Å². The third-order valence-electron chi connectivity index (χ3n) is 2.86. The minimum atomic E-state index is -1.09. The summed E-state index contributed by atoms with van der Waals surface area (Å²) in [5, 5.41) is 18.0. The lowest BCUT2D eigenvalue weighted by Gasteiger charge is -2.38. The van der Waals surface area contributed by atoms with E-state index in [1.807, 2.05) is 0 Å². The molecule has 18 heavy (non-hydrogen) atoms. The molecule has 0 amide bonds. The number of hydrogen-bond acceptors (Lipinski definition) is 6. The van der Waals surface area contributed by atoms with E-state index in [4.69, 9.17) is 14.9 Å². The molecule has 7 nitrogen and oxygen atoms in total. The van der Waals surface area contributed by atoms with Gasteiger partial charge in [-0.25, -0.2) is 9.59 Å². The fraction of sp³-hybridized carbons (Fsp3) is 0.455. The minimum absolute atomic E-state index is 0.197. The van der Waals surface area contributed by atoms with Gasteiger partial charge in [-0.05, 0) is 6.08 Å². The molecule has 0 aliphatic carbocycles. The molecule has 2 heterocycles. The number of aliphatic hydroxyl groups excluding tert-OH is 1. The van der Waals surface area contributed by atoms with E-state index >= 15 is 0 Å². The Morgan fingerprint density at radius 3 is 2.89 bits per heavy atom. The molecule has 2 atom stereocenters. The van der Waals surface area contributed by atoms with Crippen molar-refractivity contribution >= 4 is 11.9 Å². The van der Waals surface area contributed by atoms with Gasteiger partial charge in [0.25, 0.3) is 0 Å². The Bertz CT molecular complexity index is 441. The number of ether oxygens (including phenoxy) is 2. The van der Waals surface area contributed by atoms with Crippen LogP contribution < -0.4 is 0 Å². The fourth-order valence-corrected chi connectivity index (χ4v) is 2.06. The first kappa shape index (κ1) is 12.4. The summed E-state index contributed by atoms with van der Waals surface area (Å²) < 4.78 is 9.86. The van der Waals surface area contributed by atoms with Crippen LogP contribution in [0.1, 0.15) is 6.42 Å². The number of nitrogens with zero attached hydrogens (tertiary/aromatic N) is 1. The van der Waals surface area contributed by atoms with Crippen LogP contribution in [0.4, 0.5) is 0 Å². The van der Waals surface area contributed by atoms with Gasteiger partial charge in [-0.3, -0.25) is 0 Å². The Labute approximate surface area is 103 Å². The fourth-order valence-electron chi connectivity index (χ4n) is 2.06. The van der Waals surface area contributed by atoms with Gasteiger partial charge in [-0.15, -0.1) is 0 Å². The van der Waals surface area contributed by atoms with Crippen molar-refractivity contribution in [1.29, 1.82) is 0 Å². The van der Waals surface area contributed by atoms with Crippen molar-refractivity contribution in [3.8, 4) is 0 Å². The molecule has 98 valence electrons. The van der Waals surface area contributed by atoms with E-state index < -0.39 is 18.0 Å². The number of aliphatic hydroxyl groups is 1. The summed E-state index contributed by atoms with van der Waals surface area (Å²) in [7, 11) is 1.25. The second kappa shape index (κ2) is 4.69. The van der Waals surface area contributed by atoms with Crippen LogP contribution in [-0.2, 0) is 19.1 Å². The summed E-state index contributed by atoms with van der Waals surface area (Å²) in [5.74, 6) is -1.43. The number of aliphatic carboxylic acids is 1. The zero-order chi connectivity index (χ0) is 13.3. The van der Waals surface area contributed by atoms with E-state index in [0.29, 0.717) is 12.1 Å². The molecular weight excluding hydrogens is 242 g/mol. The molecule has 2 aliphatic rings. The Balaban J connectivity index is 2.23. The molecule has 2 aliphatic heterocycles. The summed E-state index contributed by atoms with van der Waals surface area (Å²) in [6, 6.07) is -0.994. The van der Waals surface area contributed by atoms with E-state index in [0.717, 1.165) is 0 Å². The molecule has 2 rings (SSSR count). The Morgan fingerprint density at radius 2 is 2.33 bits per heavy atom. The Morgan fingerprint density at radius 1 is 1.61 bits per heavy atom. The van der Waals surface area contributed by atoms with Crippen LogP contribution in [0.2, 0.25) is 0 Å². The van der Waals surface area contributed by atoms with Crippen molar-refractivity contribution < 1.29 is 29.3 Å². The molecule has 0 aromatic heterocycles. The lowest BCUT2D eigenvalue weighted by Crippen LogP contribution is -2.48. The lowest BCUT2D eigenvalue weighted by molar-refractivity contribution is -0.142. The molecule has 0 bridgehead atoms. The number of hydrogen-bond donors (Lipinski definition) is 2. The molecular formula is C11H13NO6. The van der Waals surface area contributed by atoms with E-state index in [1.54, 1.807) is 0 Å². The maximum absolute atomic E-state index is 11.2. The Hall–Kier alpha value is -2.02. The number of fused-ring (bicyclic) bond motifs is 1. The summed E-state index contributed by atoms with van der Waals surface area (Å²) in [4.78, 5) is 23.8. The summed E-state index contributed by atoms with van der Waals surface area (Å²) in [5.41, 5.74) is 0.556. The monoisotopic (exact) mass is 255 g/mol. The number of methoxy groups -OCH3 is 1. The first-order valence-corrected chi connectivity index (χ1v) is 5.35. The highest BCUT2D eigenvalue weighted by Gasteiger charge is 2.51. The number of rotatable bonds is 3. The number of esters is 1. The quantitative estimate of drug-likeness (QED) is 0.515. The molecule has 2 N–H and O–H groups in total. The number of carbonyl (C=O) groups is 2. The van der Waals surface area contributed by atoms with Gasteiger partial charge in [0.15, 0.2) is 12.3 Å². The number of carbonyl (C=O) groups excluding carboxylic acids is 1. The molecule has 0 aromatic carbocycles. The summed E-state index contributed by atoms with van der Waals surface area (Å²) in [6.45, 7) is -0.296. The molecule has 7 heteroatoms. The highest BCUT2D eigenvalue weighted by Crippen LogP contribution is 2.42. The average Bonchev–Trinajstić information content (AvgIpc) is 2.60. The van der Waals surface area contributed by atoms with Crippen molar-refractivity contribution in [3.63, 3.8) is 0 Å². The van der Waals surface area contributed by atoms with Gasteiger partial charge >= 0.3 is 11.9 Å². The van der Waals surface area contributed by atoms with Crippen LogP contribution in [-0.4, -0.2) is 53.0 Å². The zero-order valence-corrected chi connectivity index (χ0v) is 9.70. The summed E-state index contributed by atoms with van der Waals surface area (Å²) >= 11 is 0. The van der Waals surface area contributed by atoms with Crippen LogP contribution >= 0.6 is 0 Å². The standard InChI is InChI=1S/C11H13NO6/c1-17-9(14)5-6-4-8-12(6)10(11(15)16)7(18-8)2-3-13/h2,5,8,10,13H,3-4H2,1H3,(H,15,16)/t8-,10-/m1/s1. The van der Waals surface area contributed by atoms with Gasteiger partial charge in [0.2, 0.25) is 0 Å². The van der Waals surface area contributed by atoms with E-state index in [1.165, 1.54) is 24.2 Å². The zero-order valence-electron chi connectivity index (χ0n) is 9.70. The van der Waals surface area contributed by atoms with Crippen molar-refractivity contribution in [1.82, 2.24) is 4.90 Å². The summed E-state index contributed by atoms with van der Waals surface area (Å²) in [6.07, 6.45) is 2.62. The van der Waals surface area contributed by atoms with E-state index in [-0.39, 0.29) is 18.6 Å². The predicted octanol–water partition coefficient (Wildman–Crippen LogP) is -0.565. The van der Waals surface area contributed by atoms with Crippen molar-refractivity contribution in [2.75, 3.05) is 13.7 Å². The molecule has 0 spiro atoms. The van der Waals surface area contributed by atoms with Crippen molar-refractivity contribution in [2.24, 2.45) is 0 Å². The first-order valence-electron chi connectivity index (χ1n) is 5.35. The van der Waals surface area contributed by atoms with Crippen LogP contribution in [0.3, 0.4) is 0 Å². The molecule has 2 fully saturated rings. The van der Waals surface area contributed by atoms with E-state index in [2.05, 4.69) is 4.74 Å². The third-order valence-corrected chi connectivity index (χ3v) is 2.86. The van der Waals surface area contributed by atoms with Crippen LogP contribution in [0.15, 0.2) is 23.6 Å². The highest BCUT2D eigenvalue weighted by atomic mass is 16.5. The van der Waals surface area contributed by atoms with Crippen LogP contribution in [0.25, 0.3) is 0 Å². The van der Waals surface area contributed by atoms with Crippen molar-refractivity contribution in [2.45, 2.75) is 18.7 Å². The Kier molecular flexibility index (Phi) is 3.24. The maximum Gasteiger partial charge on any atom is 0.334 e. The SMILES string of the molecule is COC(=O)C=C1C[C@H]2OC(=CCO)[C@H](C(=O)O)N12. The largest absolute Gasteiger partial charge is 0.479 e. The lowest BCUT2D eigenvalue weighted by atomic mass is 10.0.